The SMILES string of the molecule is CN1CCC(C#Cc2cccc(-n3nc(C(N)=O)c4cc(-c5ccn(C)n5)cnc43)c2)C1=O. The van der Waals surface area contributed by atoms with E-state index >= 15 is 0 Å². The average molecular weight is 439 g/mol. The fourth-order valence-electron chi connectivity index (χ4n) is 3.92. The lowest BCUT2D eigenvalue weighted by Gasteiger charge is -2.05. The van der Waals surface area contributed by atoms with E-state index in [1.807, 2.05) is 49.6 Å². The van der Waals surface area contributed by atoms with E-state index in [9.17, 15) is 9.59 Å². The van der Waals surface area contributed by atoms with E-state index < -0.39 is 5.91 Å². The largest absolute Gasteiger partial charge is 0.364 e. The maximum atomic E-state index is 12.1. The molecule has 1 aliphatic rings. The smallest absolute Gasteiger partial charge is 0.269 e. The predicted octanol–water partition coefficient (Wildman–Crippen LogP) is 1.75. The summed E-state index contributed by atoms with van der Waals surface area (Å²) in [6, 6.07) is 11.1. The van der Waals surface area contributed by atoms with E-state index in [-0.39, 0.29) is 17.5 Å². The Hall–Kier alpha value is -4.45. The van der Waals surface area contributed by atoms with E-state index in [1.54, 1.807) is 27.5 Å². The van der Waals surface area contributed by atoms with Crippen molar-refractivity contribution in [3.8, 4) is 28.8 Å². The van der Waals surface area contributed by atoms with Crippen molar-refractivity contribution in [3.05, 3.63) is 60.0 Å². The monoisotopic (exact) mass is 439 g/mol. The van der Waals surface area contributed by atoms with Crippen molar-refractivity contribution < 1.29 is 9.59 Å². The molecule has 2 amide bonds. The summed E-state index contributed by atoms with van der Waals surface area (Å²) in [5.74, 6) is 5.30. The first-order valence-electron chi connectivity index (χ1n) is 10.5. The third kappa shape index (κ3) is 3.72. The van der Waals surface area contributed by atoms with E-state index in [0.717, 1.165) is 29.8 Å². The van der Waals surface area contributed by atoms with Crippen LogP contribution in [0.5, 0.6) is 0 Å². The molecule has 1 unspecified atom stereocenters. The lowest BCUT2D eigenvalue weighted by atomic mass is 10.1. The van der Waals surface area contributed by atoms with Gasteiger partial charge >= 0.3 is 0 Å². The summed E-state index contributed by atoms with van der Waals surface area (Å²) in [4.78, 5) is 30.5. The fourth-order valence-corrected chi connectivity index (χ4v) is 3.92. The minimum atomic E-state index is -0.640. The number of nitrogens with zero attached hydrogens (tertiary/aromatic N) is 6. The Balaban J connectivity index is 1.56. The minimum Gasteiger partial charge on any atom is -0.364 e. The van der Waals surface area contributed by atoms with Gasteiger partial charge in [0.2, 0.25) is 5.91 Å². The zero-order valence-corrected chi connectivity index (χ0v) is 18.2. The zero-order chi connectivity index (χ0) is 23.1. The van der Waals surface area contributed by atoms with Gasteiger partial charge in [-0.1, -0.05) is 17.9 Å². The highest BCUT2D eigenvalue weighted by atomic mass is 16.2. The second kappa shape index (κ2) is 7.91. The van der Waals surface area contributed by atoms with Crippen LogP contribution in [0.4, 0.5) is 0 Å². The van der Waals surface area contributed by atoms with Gasteiger partial charge in [0.1, 0.15) is 5.92 Å². The summed E-state index contributed by atoms with van der Waals surface area (Å²) in [5.41, 5.74) is 9.17. The molecule has 0 aliphatic carbocycles. The molecule has 4 aromatic rings. The highest BCUT2D eigenvalue weighted by Crippen LogP contribution is 2.26. The van der Waals surface area contributed by atoms with Crippen LogP contribution in [0.15, 0.2) is 48.8 Å². The Morgan fingerprint density at radius 2 is 2.03 bits per heavy atom. The van der Waals surface area contributed by atoms with Crippen LogP contribution < -0.4 is 5.73 Å². The highest BCUT2D eigenvalue weighted by molar-refractivity contribution is 6.04. The third-order valence-electron chi connectivity index (χ3n) is 5.67. The number of likely N-dealkylation sites (tertiary alicyclic amines) is 1. The number of aryl methyl sites for hydroxylation is 1. The first-order chi connectivity index (χ1) is 15.9. The Labute approximate surface area is 189 Å². The highest BCUT2D eigenvalue weighted by Gasteiger charge is 2.27. The molecule has 33 heavy (non-hydrogen) atoms. The number of primary amides is 1. The molecule has 1 saturated heterocycles. The molecule has 9 heteroatoms. The van der Waals surface area contributed by atoms with Crippen molar-refractivity contribution in [2.45, 2.75) is 6.42 Å². The zero-order valence-electron chi connectivity index (χ0n) is 18.2. The van der Waals surface area contributed by atoms with Crippen LogP contribution in [-0.2, 0) is 11.8 Å². The Bertz CT molecular complexity index is 1470. The molecule has 2 N–H and O–H groups in total. The number of fused-ring (bicyclic) bond motifs is 1. The molecular formula is C24H21N7O2. The number of carbonyl (C=O) groups excluding carboxylic acids is 2. The van der Waals surface area contributed by atoms with Crippen molar-refractivity contribution >= 4 is 22.8 Å². The van der Waals surface area contributed by atoms with Gasteiger partial charge in [-0.25, -0.2) is 9.67 Å². The molecule has 0 spiro atoms. The van der Waals surface area contributed by atoms with Gasteiger partial charge in [-0.3, -0.25) is 14.3 Å². The number of nitrogens with two attached hydrogens (primary N) is 1. The molecule has 4 heterocycles. The second-order valence-electron chi connectivity index (χ2n) is 8.02. The lowest BCUT2D eigenvalue weighted by molar-refractivity contribution is -0.128. The number of aromatic nitrogens is 5. The van der Waals surface area contributed by atoms with E-state index in [0.29, 0.717) is 16.7 Å². The maximum Gasteiger partial charge on any atom is 0.269 e. The van der Waals surface area contributed by atoms with Crippen molar-refractivity contribution in [1.82, 2.24) is 29.4 Å². The summed E-state index contributed by atoms with van der Waals surface area (Å²) >= 11 is 0. The number of rotatable bonds is 3. The normalized spacial score (nSPS) is 15.6. The molecule has 1 atom stereocenters. The summed E-state index contributed by atoms with van der Waals surface area (Å²) in [7, 11) is 3.62. The van der Waals surface area contributed by atoms with Gasteiger partial charge < -0.3 is 10.6 Å². The lowest BCUT2D eigenvalue weighted by Crippen LogP contribution is -2.21. The fraction of sp³-hybridized carbons (Fsp3) is 0.208. The molecule has 0 radical (unpaired) electrons. The maximum absolute atomic E-state index is 12.1. The quantitative estimate of drug-likeness (QED) is 0.489. The van der Waals surface area contributed by atoms with Gasteiger partial charge in [-0.05, 0) is 36.8 Å². The molecule has 0 saturated carbocycles. The van der Waals surface area contributed by atoms with Crippen molar-refractivity contribution in [2.75, 3.05) is 13.6 Å². The number of benzene rings is 1. The molecule has 164 valence electrons. The number of pyridine rings is 1. The van der Waals surface area contributed by atoms with Gasteiger partial charge in [0.05, 0.1) is 16.8 Å². The second-order valence-corrected chi connectivity index (χ2v) is 8.02. The van der Waals surface area contributed by atoms with Crippen LogP contribution >= 0.6 is 0 Å². The van der Waals surface area contributed by atoms with Crippen LogP contribution in [0.3, 0.4) is 0 Å². The predicted molar refractivity (Wildman–Crippen MR) is 122 cm³/mol. The van der Waals surface area contributed by atoms with Crippen LogP contribution in [0.2, 0.25) is 0 Å². The Morgan fingerprint density at radius 1 is 1.18 bits per heavy atom. The van der Waals surface area contributed by atoms with Crippen molar-refractivity contribution in [2.24, 2.45) is 18.7 Å². The van der Waals surface area contributed by atoms with Gasteiger partial charge in [0, 0.05) is 44.2 Å². The van der Waals surface area contributed by atoms with E-state index in [4.69, 9.17) is 5.73 Å². The molecule has 3 aromatic heterocycles. The van der Waals surface area contributed by atoms with Gasteiger partial charge in [0.25, 0.3) is 5.91 Å². The molecule has 5 rings (SSSR count). The molecule has 1 fully saturated rings. The summed E-state index contributed by atoms with van der Waals surface area (Å²) < 4.78 is 3.28. The first kappa shape index (κ1) is 20.5. The molecular weight excluding hydrogens is 418 g/mol. The summed E-state index contributed by atoms with van der Waals surface area (Å²) in [6.07, 6.45) is 4.26. The van der Waals surface area contributed by atoms with Crippen LogP contribution in [0.25, 0.3) is 28.0 Å². The van der Waals surface area contributed by atoms with E-state index in [1.165, 1.54) is 0 Å². The van der Waals surface area contributed by atoms with Crippen LogP contribution in [0.1, 0.15) is 22.5 Å². The van der Waals surface area contributed by atoms with Gasteiger partial charge in [-0.15, -0.1) is 0 Å². The van der Waals surface area contributed by atoms with Crippen molar-refractivity contribution in [3.63, 3.8) is 0 Å². The summed E-state index contributed by atoms with van der Waals surface area (Å²) in [6.45, 7) is 0.722. The Morgan fingerprint density at radius 3 is 2.73 bits per heavy atom. The minimum absolute atomic E-state index is 0.0516. The number of amides is 2. The molecule has 1 aromatic carbocycles. The summed E-state index contributed by atoms with van der Waals surface area (Å²) in [5, 5.41) is 9.38. The molecule has 9 nitrogen and oxygen atoms in total. The standard InChI is InChI=1S/C24H21N7O2/c1-29-10-8-16(24(29)33)7-6-15-4-3-5-18(12-15)31-23-19(21(28-31)22(25)32)13-17(14-26-23)20-9-11-30(2)27-20/h3-5,9,11-14,16H,8,10H2,1-2H3,(H2,25,32). The van der Waals surface area contributed by atoms with Crippen LogP contribution in [0, 0.1) is 17.8 Å². The Kier molecular flexibility index (Phi) is 4.90. The van der Waals surface area contributed by atoms with Crippen LogP contribution in [-0.4, -0.2) is 54.9 Å². The van der Waals surface area contributed by atoms with Crippen molar-refractivity contribution in [1.29, 1.82) is 0 Å². The van der Waals surface area contributed by atoms with E-state index in [2.05, 4.69) is 27.0 Å². The molecule has 0 bridgehead atoms. The number of carbonyl (C=O) groups is 2. The number of hydrogen-bond acceptors (Lipinski definition) is 5. The average Bonchev–Trinajstić information content (AvgIpc) is 3.50. The number of hydrogen-bond donors (Lipinski definition) is 1. The topological polar surface area (TPSA) is 112 Å². The third-order valence-corrected chi connectivity index (χ3v) is 5.67. The van der Waals surface area contributed by atoms with Gasteiger partial charge in [0.15, 0.2) is 11.3 Å². The molecule has 1 aliphatic heterocycles. The first-order valence-corrected chi connectivity index (χ1v) is 10.5. The van der Waals surface area contributed by atoms with Gasteiger partial charge in [-0.2, -0.15) is 10.2 Å².